The van der Waals surface area contributed by atoms with Crippen molar-refractivity contribution < 1.29 is 0 Å². The molecule has 0 saturated carbocycles. The van der Waals surface area contributed by atoms with Gasteiger partial charge >= 0.3 is 0 Å². The Hall–Kier alpha value is -1.15. The molecule has 2 rings (SSSR count). The Morgan fingerprint density at radius 1 is 1.29 bits per heavy atom. The summed E-state index contributed by atoms with van der Waals surface area (Å²) in [4.78, 5) is 0. The van der Waals surface area contributed by atoms with Crippen LogP contribution in [0.1, 0.15) is 12.8 Å². The van der Waals surface area contributed by atoms with E-state index in [-0.39, 0.29) is 0 Å². The van der Waals surface area contributed by atoms with Gasteiger partial charge in [0.1, 0.15) is 0 Å². The van der Waals surface area contributed by atoms with E-state index < -0.39 is 0 Å². The Morgan fingerprint density at radius 3 is 2.64 bits per heavy atom. The minimum atomic E-state index is 0.485. The minimum Gasteiger partial charge on any atom is -0.397 e. The van der Waals surface area contributed by atoms with E-state index in [1.807, 2.05) is 12.1 Å². The third-order valence-corrected chi connectivity index (χ3v) is 2.62. The monoisotopic (exact) mass is 208 g/mol. The molecule has 1 aliphatic carbocycles. The summed E-state index contributed by atoms with van der Waals surface area (Å²) in [5.41, 5.74) is 7.52. The fraction of sp³-hybridized carbons (Fsp3) is 0.273. The second kappa shape index (κ2) is 3.93. The van der Waals surface area contributed by atoms with Crippen molar-refractivity contribution in [1.82, 2.24) is 0 Å². The number of hydrogen-bond acceptors (Lipinski definition) is 2. The van der Waals surface area contributed by atoms with Gasteiger partial charge in [-0.1, -0.05) is 23.8 Å². The second-order valence-corrected chi connectivity index (χ2v) is 3.95. The predicted molar refractivity (Wildman–Crippen MR) is 61.6 cm³/mol. The molecule has 0 unspecified atom stereocenters. The number of hydrogen-bond donors (Lipinski definition) is 2. The van der Waals surface area contributed by atoms with Gasteiger partial charge in [-0.3, -0.25) is 0 Å². The molecule has 0 atom stereocenters. The average molecular weight is 209 g/mol. The second-order valence-electron chi connectivity index (χ2n) is 3.52. The van der Waals surface area contributed by atoms with E-state index in [1.54, 1.807) is 6.07 Å². The Morgan fingerprint density at radius 2 is 2.00 bits per heavy atom. The van der Waals surface area contributed by atoms with Crippen molar-refractivity contribution in [2.75, 3.05) is 11.1 Å². The Kier molecular flexibility index (Phi) is 2.64. The van der Waals surface area contributed by atoms with Gasteiger partial charge in [0.15, 0.2) is 0 Å². The molecule has 74 valence electrons. The SMILES string of the molecule is Nc1cc(Cl)ccc1NC1CC=CC1. The first kappa shape index (κ1) is 9.41. The van der Waals surface area contributed by atoms with E-state index in [9.17, 15) is 0 Å². The van der Waals surface area contributed by atoms with Crippen LogP contribution in [0, 0.1) is 0 Å². The van der Waals surface area contributed by atoms with E-state index in [1.165, 1.54) is 0 Å². The smallest absolute Gasteiger partial charge is 0.0577 e. The van der Waals surface area contributed by atoms with Crippen LogP contribution in [0.15, 0.2) is 30.4 Å². The van der Waals surface area contributed by atoms with Gasteiger partial charge in [-0.2, -0.15) is 0 Å². The number of nitrogens with two attached hydrogens (primary N) is 1. The summed E-state index contributed by atoms with van der Waals surface area (Å²) in [5, 5.41) is 4.07. The molecule has 0 amide bonds. The molecular formula is C11H13ClN2. The molecule has 1 aliphatic rings. The zero-order chi connectivity index (χ0) is 9.97. The van der Waals surface area contributed by atoms with Crippen molar-refractivity contribution in [2.45, 2.75) is 18.9 Å². The van der Waals surface area contributed by atoms with E-state index in [0.717, 1.165) is 18.5 Å². The highest BCUT2D eigenvalue weighted by Crippen LogP contribution is 2.25. The normalized spacial score (nSPS) is 16.1. The van der Waals surface area contributed by atoms with Crippen LogP contribution in [-0.4, -0.2) is 6.04 Å². The Bertz CT molecular complexity index is 352. The molecule has 0 heterocycles. The number of halogens is 1. The maximum atomic E-state index is 5.83. The number of nitrogen functional groups attached to an aromatic ring is 1. The highest BCUT2D eigenvalue weighted by atomic mass is 35.5. The van der Waals surface area contributed by atoms with Crippen molar-refractivity contribution in [3.8, 4) is 0 Å². The average Bonchev–Trinajstić information content (AvgIpc) is 2.62. The Balaban J connectivity index is 2.08. The highest BCUT2D eigenvalue weighted by molar-refractivity contribution is 6.31. The lowest BCUT2D eigenvalue weighted by Crippen LogP contribution is -2.15. The summed E-state index contributed by atoms with van der Waals surface area (Å²) in [6, 6.07) is 6.03. The molecule has 0 aromatic heterocycles. The van der Waals surface area contributed by atoms with Crippen LogP contribution in [0.3, 0.4) is 0 Å². The lowest BCUT2D eigenvalue weighted by Gasteiger charge is -2.15. The van der Waals surface area contributed by atoms with Crippen LogP contribution in [0.25, 0.3) is 0 Å². The summed E-state index contributed by atoms with van der Waals surface area (Å²) < 4.78 is 0. The standard InChI is InChI=1S/C11H13ClN2/c12-8-5-6-11(10(13)7-8)14-9-3-1-2-4-9/h1-2,5-7,9,14H,3-4,13H2. The minimum absolute atomic E-state index is 0.485. The predicted octanol–water partition coefficient (Wildman–Crippen LogP) is 3.05. The molecule has 0 aliphatic heterocycles. The fourth-order valence-electron chi connectivity index (χ4n) is 1.62. The molecule has 3 N–H and O–H groups in total. The molecule has 2 nitrogen and oxygen atoms in total. The number of anilines is 2. The summed E-state index contributed by atoms with van der Waals surface area (Å²) in [5.74, 6) is 0. The summed E-state index contributed by atoms with van der Waals surface area (Å²) in [6.07, 6.45) is 6.51. The van der Waals surface area contributed by atoms with Crippen LogP contribution >= 0.6 is 11.6 Å². The van der Waals surface area contributed by atoms with Gasteiger partial charge in [-0.15, -0.1) is 0 Å². The van der Waals surface area contributed by atoms with Gasteiger partial charge in [0, 0.05) is 11.1 Å². The summed E-state index contributed by atoms with van der Waals surface area (Å²) in [7, 11) is 0. The van der Waals surface area contributed by atoms with E-state index >= 15 is 0 Å². The molecule has 0 bridgehead atoms. The topological polar surface area (TPSA) is 38.0 Å². The molecule has 1 aromatic rings. The zero-order valence-corrected chi connectivity index (χ0v) is 8.59. The third-order valence-electron chi connectivity index (χ3n) is 2.38. The van der Waals surface area contributed by atoms with Gasteiger partial charge in [-0.05, 0) is 31.0 Å². The number of benzene rings is 1. The van der Waals surface area contributed by atoms with Gasteiger partial charge in [0.25, 0.3) is 0 Å². The largest absolute Gasteiger partial charge is 0.397 e. The molecule has 1 aromatic carbocycles. The maximum absolute atomic E-state index is 5.83. The van der Waals surface area contributed by atoms with Crippen LogP contribution in [0.5, 0.6) is 0 Å². The summed E-state index contributed by atoms with van der Waals surface area (Å²) in [6.45, 7) is 0. The van der Waals surface area contributed by atoms with E-state index in [4.69, 9.17) is 17.3 Å². The lowest BCUT2D eigenvalue weighted by molar-refractivity contribution is 0.787. The molecule has 0 spiro atoms. The van der Waals surface area contributed by atoms with Crippen LogP contribution in [0.4, 0.5) is 11.4 Å². The van der Waals surface area contributed by atoms with Crippen molar-refractivity contribution in [3.05, 3.63) is 35.4 Å². The quantitative estimate of drug-likeness (QED) is 0.579. The van der Waals surface area contributed by atoms with Crippen LogP contribution in [0.2, 0.25) is 5.02 Å². The van der Waals surface area contributed by atoms with Crippen LogP contribution in [-0.2, 0) is 0 Å². The lowest BCUT2D eigenvalue weighted by atomic mass is 10.2. The first-order chi connectivity index (χ1) is 6.75. The van der Waals surface area contributed by atoms with Crippen molar-refractivity contribution in [3.63, 3.8) is 0 Å². The molecule has 0 fully saturated rings. The van der Waals surface area contributed by atoms with Gasteiger partial charge in [0.2, 0.25) is 0 Å². The van der Waals surface area contributed by atoms with E-state index in [2.05, 4.69) is 17.5 Å². The van der Waals surface area contributed by atoms with Crippen LogP contribution < -0.4 is 11.1 Å². The highest BCUT2D eigenvalue weighted by Gasteiger charge is 2.10. The van der Waals surface area contributed by atoms with Gasteiger partial charge < -0.3 is 11.1 Å². The third kappa shape index (κ3) is 2.02. The van der Waals surface area contributed by atoms with E-state index in [0.29, 0.717) is 16.8 Å². The number of nitrogens with one attached hydrogen (secondary N) is 1. The molecule has 3 heteroatoms. The molecule has 0 saturated heterocycles. The molecule has 0 radical (unpaired) electrons. The number of rotatable bonds is 2. The van der Waals surface area contributed by atoms with Crippen molar-refractivity contribution in [1.29, 1.82) is 0 Å². The van der Waals surface area contributed by atoms with Crippen molar-refractivity contribution in [2.24, 2.45) is 0 Å². The van der Waals surface area contributed by atoms with Gasteiger partial charge in [0.05, 0.1) is 11.4 Å². The van der Waals surface area contributed by atoms with Gasteiger partial charge in [-0.25, -0.2) is 0 Å². The Labute approximate surface area is 88.8 Å². The molecule has 14 heavy (non-hydrogen) atoms. The first-order valence-corrected chi connectivity index (χ1v) is 5.10. The zero-order valence-electron chi connectivity index (χ0n) is 7.83. The molecular weight excluding hydrogens is 196 g/mol. The fourth-order valence-corrected chi connectivity index (χ4v) is 1.80. The first-order valence-electron chi connectivity index (χ1n) is 4.72. The summed E-state index contributed by atoms with van der Waals surface area (Å²) >= 11 is 5.81. The van der Waals surface area contributed by atoms with Crippen molar-refractivity contribution >= 4 is 23.0 Å². The maximum Gasteiger partial charge on any atom is 0.0577 e.